The summed E-state index contributed by atoms with van der Waals surface area (Å²) < 4.78 is 11.2. The van der Waals surface area contributed by atoms with Gasteiger partial charge in [0.25, 0.3) is 0 Å². The van der Waals surface area contributed by atoms with Crippen molar-refractivity contribution in [3.8, 4) is 0 Å². The molecule has 0 radical (unpaired) electrons. The van der Waals surface area contributed by atoms with Gasteiger partial charge in [0.2, 0.25) is 0 Å². The maximum atomic E-state index is 12.4. The number of carbonyl (C=O) groups is 2. The minimum absolute atomic E-state index is 0.0190. The Morgan fingerprint density at radius 1 is 0.920 bits per heavy atom. The molecule has 2 rings (SSSR count). The van der Waals surface area contributed by atoms with Crippen LogP contribution in [0.2, 0.25) is 0 Å². The third-order valence-corrected chi connectivity index (χ3v) is 5.64. The van der Waals surface area contributed by atoms with Crippen LogP contribution in [-0.4, -0.2) is 24.1 Å². The van der Waals surface area contributed by atoms with E-state index in [1.165, 1.54) is 38.2 Å². The van der Waals surface area contributed by atoms with E-state index >= 15 is 0 Å². The molecule has 0 aromatic rings. The van der Waals surface area contributed by atoms with Crippen LogP contribution in [0.25, 0.3) is 0 Å². The summed E-state index contributed by atoms with van der Waals surface area (Å²) in [6, 6.07) is 0. The summed E-state index contributed by atoms with van der Waals surface area (Å²) in [5, 5.41) is 0. The van der Waals surface area contributed by atoms with E-state index in [0.717, 1.165) is 44.4 Å². The molecule has 0 N–H and O–H groups in total. The van der Waals surface area contributed by atoms with Gasteiger partial charge in [-0.1, -0.05) is 32.3 Å². The molecule has 142 valence electrons. The molecule has 0 amide bonds. The molecular weight excluding hydrogens is 316 g/mol. The van der Waals surface area contributed by atoms with Gasteiger partial charge in [0.05, 0.1) is 5.92 Å². The van der Waals surface area contributed by atoms with E-state index in [-0.39, 0.29) is 30.1 Å². The van der Waals surface area contributed by atoms with E-state index in [9.17, 15) is 9.59 Å². The van der Waals surface area contributed by atoms with Gasteiger partial charge in [0, 0.05) is 6.08 Å². The summed E-state index contributed by atoms with van der Waals surface area (Å²) in [5.74, 6) is 0.496. The third-order valence-electron chi connectivity index (χ3n) is 5.64. The van der Waals surface area contributed by atoms with Crippen LogP contribution in [-0.2, 0) is 19.1 Å². The summed E-state index contributed by atoms with van der Waals surface area (Å²) in [6.07, 6.45) is 14.6. The van der Waals surface area contributed by atoms with E-state index in [1.54, 1.807) is 13.0 Å². The molecule has 0 unspecified atom stereocenters. The highest BCUT2D eigenvalue weighted by Gasteiger charge is 2.31. The van der Waals surface area contributed by atoms with Crippen LogP contribution in [0.15, 0.2) is 12.2 Å². The number of hydrogen-bond donors (Lipinski definition) is 0. The number of hydrogen-bond acceptors (Lipinski definition) is 4. The van der Waals surface area contributed by atoms with Gasteiger partial charge in [-0.25, -0.2) is 4.79 Å². The van der Waals surface area contributed by atoms with E-state index in [4.69, 9.17) is 9.47 Å². The highest BCUT2D eigenvalue weighted by Crippen LogP contribution is 2.32. The minimum atomic E-state index is -0.284. The zero-order valence-corrected chi connectivity index (χ0v) is 15.9. The second kappa shape index (κ2) is 10.6. The molecule has 0 atom stereocenters. The van der Waals surface area contributed by atoms with Crippen molar-refractivity contribution in [2.45, 2.75) is 96.7 Å². The van der Waals surface area contributed by atoms with Gasteiger partial charge in [-0.15, -0.1) is 0 Å². The molecule has 4 nitrogen and oxygen atoms in total. The Kier molecular flexibility index (Phi) is 8.50. The number of allylic oxidation sites excluding steroid dienone is 1. The first-order valence-corrected chi connectivity index (χ1v) is 10.2. The molecule has 0 heterocycles. The monoisotopic (exact) mass is 350 g/mol. The van der Waals surface area contributed by atoms with Crippen molar-refractivity contribution in [1.82, 2.24) is 0 Å². The Morgan fingerprint density at radius 2 is 1.52 bits per heavy atom. The number of unbranched alkanes of at least 4 members (excludes halogenated alkanes) is 1. The van der Waals surface area contributed by atoms with Crippen LogP contribution in [0.4, 0.5) is 0 Å². The predicted molar refractivity (Wildman–Crippen MR) is 98.0 cm³/mol. The van der Waals surface area contributed by atoms with Crippen molar-refractivity contribution < 1.29 is 19.1 Å². The minimum Gasteiger partial charge on any atom is -0.462 e. The number of ether oxygens (including phenoxy) is 2. The van der Waals surface area contributed by atoms with E-state index in [1.807, 2.05) is 0 Å². The Hall–Kier alpha value is -1.32. The number of carbonyl (C=O) groups excluding carboxylic acids is 2. The van der Waals surface area contributed by atoms with Gasteiger partial charge in [-0.3, -0.25) is 4.79 Å². The molecule has 25 heavy (non-hydrogen) atoms. The topological polar surface area (TPSA) is 52.6 Å². The first-order valence-electron chi connectivity index (χ1n) is 10.2. The maximum absolute atomic E-state index is 12.4. The molecule has 0 spiro atoms. The highest BCUT2D eigenvalue weighted by molar-refractivity contribution is 5.82. The molecule has 4 heteroatoms. The molecule has 0 saturated heterocycles. The van der Waals surface area contributed by atoms with E-state index < -0.39 is 0 Å². The molecule has 2 aliphatic rings. The van der Waals surface area contributed by atoms with Gasteiger partial charge < -0.3 is 9.47 Å². The molecule has 0 bridgehead atoms. The molecule has 2 fully saturated rings. The fourth-order valence-electron chi connectivity index (χ4n) is 4.05. The average Bonchev–Trinajstić information content (AvgIpc) is 2.62. The first-order chi connectivity index (χ1) is 12.1. The average molecular weight is 350 g/mol. The van der Waals surface area contributed by atoms with Crippen LogP contribution >= 0.6 is 0 Å². The lowest BCUT2D eigenvalue weighted by atomic mass is 9.84. The van der Waals surface area contributed by atoms with E-state index in [2.05, 4.69) is 6.92 Å². The summed E-state index contributed by atoms with van der Waals surface area (Å²) in [7, 11) is 0. The lowest BCUT2D eigenvalue weighted by Crippen LogP contribution is -2.32. The lowest BCUT2D eigenvalue weighted by Gasteiger charge is -2.31. The van der Waals surface area contributed by atoms with Gasteiger partial charge in [-0.05, 0) is 64.2 Å². The van der Waals surface area contributed by atoms with Gasteiger partial charge in [0.15, 0.2) is 0 Å². The van der Waals surface area contributed by atoms with Gasteiger partial charge >= 0.3 is 11.9 Å². The SMILES string of the molecule is C/C=C/C(=O)O[C@H]1CC[C@H](C(=O)O[C@H]2CC[C@H](CCCC)CC2)CC1. The van der Waals surface area contributed by atoms with Crippen molar-refractivity contribution in [2.24, 2.45) is 11.8 Å². The van der Waals surface area contributed by atoms with Crippen LogP contribution < -0.4 is 0 Å². The Labute approximate surface area is 152 Å². The van der Waals surface area contributed by atoms with Crippen molar-refractivity contribution in [3.63, 3.8) is 0 Å². The summed E-state index contributed by atoms with van der Waals surface area (Å²) in [4.78, 5) is 23.9. The van der Waals surface area contributed by atoms with Crippen LogP contribution in [0.3, 0.4) is 0 Å². The number of rotatable bonds is 7. The van der Waals surface area contributed by atoms with Gasteiger partial charge in [-0.2, -0.15) is 0 Å². The molecule has 2 saturated carbocycles. The van der Waals surface area contributed by atoms with Crippen molar-refractivity contribution in [2.75, 3.05) is 0 Å². The Morgan fingerprint density at radius 3 is 2.12 bits per heavy atom. The second-order valence-corrected chi connectivity index (χ2v) is 7.63. The molecule has 2 aliphatic carbocycles. The first kappa shape index (κ1) is 20.0. The normalized spacial score (nSPS) is 30.2. The van der Waals surface area contributed by atoms with E-state index in [0.29, 0.717) is 0 Å². The van der Waals surface area contributed by atoms with Crippen molar-refractivity contribution in [1.29, 1.82) is 0 Å². The summed E-state index contributed by atoms with van der Waals surface area (Å²) in [6.45, 7) is 4.04. The zero-order chi connectivity index (χ0) is 18.1. The Balaban J connectivity index is 1.65. The Bertz CT molecular complexity index is 441. The summed E-state index contributed by atoms with van der Waals surface area (Å²) >= 11 is 0. The summed E-state index contributed by atoms with van der Waals surface area (Å²) in [5.41, 5.74) is 0. The van der Waals surface area contributed by atoms with Crippen molar-refractivity contribution >= 4 is 11.9 Å². The smallest absolute Gasteiger partial charge is 0.330 e. The van der Waals surface area contributed by atoms with Crippen LogP contribution in [0.5, 0.6) is 0 Å². The van der Waals surface area contributed by atoms with Crippen LogP contribution in [0, 0.1) is 11.8 Å². The second-order valence-electron chi connectivity index (χ2n) is 7.63. The molecule has 0 aromatic heterocycles. The standard InChI is InChI=1S/C21H34O4/c1-3-5-7-16-8-12-19(13-9-16)25-21(23)17-10-14-18(15-11-17)24-20(22)6-4-2/h4,6,16-19H,3,5,7-15H2,1-2H3/b6-4+/t16-,17-,18-,19-. The number of esters is 2. The van der Waals surface area contributed by atoms with Crippen molar-refractivity contribution in [3.05, 3.63) is 12.2 Å². The highest BCUT2D eigenvalue weighted by atomic mass is 16.5. The fourth-order valence-corrected chi connectivity index (χ4v) is 4.05. The molecule has 0 aliphatic heterocycles. The fraction of sp³-hybridized carbons (Fsp3) is 0.810. The lowest BCUT2D eigenvalue weighted by molar-refractivity contribution is -0.158. The third kappa shape index (κ3) is 6.83. The molecule has 0 aromatic carbocycles. The van der Waals surface area contributed by atoms with Gasteiger partial charge in [0.1, 0.15) is 12.2 Å². The zero-order valence-electron chi connectivity index (χ0n) is 15.9. The van der Waals surface area contributed by atoms with Crippen LogP contribution in [0.1, 0.15) is 84.5 Å². The maximum Gasteiger partial charge on any atom is 0.330 e. The largest absolute Gasteiger partial charge is 0.462 e. The quantitative estimate of drug-likeness (QED) is 0.481. The predicted octanol–water partition coefficient (Wildman–Crippen LogP) is 4.96. The molecular formula is C21H34O4.